The zero-order valence-electron chi connectivity index (χ0n) is 10.5. The molecule has 0 spiro atoms. The van der Waals surface area contributed by atoms with Crippen molar-refractivity contribution in [1.82, 2.24) is 15.6 Å². The molecule has 1 fully saturated rings. The fraction of sp³-hybridized carbons (Fsp3) is 0.636. The summed E-state index contributed by atoms with van der Waals surface area (Å²) in [7, 11) is 0. The smallest absolute Gasteiger partial charge is 0.263 e. The molecular weight excluding hydrogens is 293 g/mol. The highest BCUT2D eigenvalue weighted by Crippen LogP contribution is 2.17. The Morgan fingerprint density at radius 2 is 2.17 bits per heavy atom. The SMILES string of the molecule is Cc1nc(C)c(C(=O)NC2CCCNC2)s1.Cl.Cl. The number of carbonyl (C=O) groups excluding carboxylic acids is 1. The average molecular weight is 312 g/mol. The Labute approximate surface area is 124 Å². The lowest BCUT2D eigenvalue weighted by molar-refractivity contribution is 0.0934. The van der Waals surface area contributed by atoms with Crippen LogP contribution in [0, 0.1) is 13.8 Å². The van der Waals surface area contributed by atoms with Crippen molar-refractivity contribution < 1.29 is 4.79 Å². The lowest BCUT2D eigenvalue weighted by Gasteiger charge is -2.23. The lowest BCUT2D eigenvalue weighted by Crippen LogP contribution is -2.45. The van der Waals surface area contributed by atoms with E-state index in [0.717, 1.165) is 41.5 Å². The first-order valence-electron chi connectivity index (χ1n) is 5.62. The highest BCUT2D eigenvalue weighted by Gasteiger charge is 2.19. The Kier molecular flexibility index (Phi) is 7.78. The van der Waals surface area contributed by atoms with Crippen LogP contribution in [0.15, 0.2) is 0 Å². The minimum Gasteiger partial charge on any atom is -0.347 e. The van der Waals surface area contributed by atoms with E-state index in [1.165, 1.54) is 11.3 Å². The van der Waals surface area contributed by atoms with Gasteiger partial charge in [0.15, 0.2) is 0 Å². The van der Waals surface area contributed by atoms with Crippen LogP contribution < -0.4 is 10.6 Å². The number of aromatic nitrogens is 1. The molecule has 1 aliphatic rings. The maximum Gasteiger partial charge on any atom is 0.263 e. The molecular formula is C11H19Cl2N3OS. The van der Waals surface area contributed by atoms with Gasteiger partial charge in [0.25, 0.3) is 5.91 Å². The van der Waals surface area contributed by atoms with Crippen LogP contribution in [0.25, 0.3) is 0 Å². The highest BCUT2D eigenvalue weighted by atomic mass is 35.5. The maximum absolute atomic E-state index is 12.0. The van der Waals surface area contributed by atoms with Gasteiger partial charge in [0, 0.05) is 12.6 Å². The van der Waals surface area contributed by atoms with Crippen molar-refractivity contribution in [2.75, 3.05) is 13.1 Å². The van der Waals surface area contributed by atoms with Gasteiger partial charge in [0.1, 0.15) is 4.88 Å². The van der Waals surface area contributed by atoms with Crippen LogP contribution in [0.3, 0.4) is 0 Å². The van der Waals surface area contributed by atoms with Crippen molar-refractivity contribution in [3.05, 3.63) is 15.6 Å². The maximum atomic E-state index is 12.0. The van der Waals surface area contributed by atoms with Gasteiger partial charge in [-0.1, -0.05) is 0 Å². The van der Waals surface area contributed by atoms with Crippen LogP contribution in [0.2, 0.25) is 0 Å². The summed E-state index contributed by atoms with van der Waals surface area (Å²) < 4.78 is 0. The van der Waals surface area contributed by atoms with Crippen molar-refractivity contribution in [2.24, 2.45) is 0 Å². The summed E-state index contributed by atoms with van der Waals surface area (Å²) >= 11 is 1.47. The van der Waals surface area contributed by atoms with Gasteiger partial charge in [-0.3, -0.25) is 4.79 Å². The summed E-state index contributed by atoms with van der Waals surface area (Å²) in [4.78, 5) is 17.0. The van der Waals surface area contributed by atoms with Gasteiger partial charge in [0.05, 0.1) is 10.7 Å². The number of halogens is 2. The third-order valence-electron chi connectivity index (χ3n) is 2.74. The van der Waals surface area contributed by atoms with E-state index in [1.54, 1.807) is 0 Å². The number of carbonyl (C=O) groups is 1. The summed E-state index contributed by atoms with van der Waals surface area (Å²) in [5, 5.41) is 7.29. The number of nitrogens with zero attached hydrogens (tertiary/aromatic N) is 1. The Balaban J connectivity index is 0.00000144. The molecule has 0 aromatic carbocycles. The van der Waals surface area contributed by atoms with Crippen LogP contribution >= 0.6 is 36.2 Å². The van der Waals surface area contributed by atoms with Crippen molar-refractivity contribution in [3.8, 4) is 0 Å². The highest BCUT2D eigenvalue weighted by molar-refractivity contribution is 7.13. The van der Waals surface area contributed by atoms with Gasteiger partial charge in [-0.15, -0.1) is 36.2 Å². The monoisotopic (exact) mass is 311 g/mol. The molecule has 18 heavy (non-hydrogen) atoms. The second kappa shape index (κ2) is 7.94. The van der Waals surface area contributed by atoms with Crippen molar-refractivity contribution >= 4 is 42.1 Å². The number of thiazole rings is 1. The van der Waals surface area contributed by atoms with Gasteiger partial charge in [-0.05, 0) is 33.2 Å². The number of hydrogen-bond acceptors (Lipinski definition) is 4. The first-order valence-corrected chi connectivity index (χ1v) is 6.44. The molecule has 1 aromatic rings. The molecule has 1 saturated heterocycles. The van der Waals surface area contributed by atoms with Crippen LogP contribution in [0.1, 0.15) is 33.2 Å². The van der Waals surface area contributed by atoms with Crippen molar-refractivity contribution in [2.45, 2.75) is 32.7 Å². The average Bonchev–Trinajstić information content (AvgIpc) is 2.59. The van der Waals surface area contributed by atoms with E-state index in [-0.39, 0.29) is 36.8 Å². The molecule has 7 heteroatoms. The molecule has 0 bridgehead atoms. The molecule has 2 heterocycles. The molecule has 1 unspecified atom stereocenters. The standard InChI is InChI=1S/C11H17N3OS.2ClH/c1-7-10(16-8(2)13-7)11(15)14-9-4-3-5-12-6-9;;/h9,12H,3-6H2,1-2H3,(H,14,15);2*1H. The molecule has 0 aliphatic carbocycles. The third kappa shape index (κ3) is 4.39. The molecule has 0 radical (unpaired) electrons. The summed E-state index contributed by atoms with van der Waals surface area (Å²) in [5.74, 6) is 0.0248. The number of amides is 1. The quantitative estimate of drug-likeness (QED) is 0.879. The normalized spacial score (nSPS) is 18.4. The largest absolute Gasteiger partial charge is 0.347 e. The first-order chi connectivity index (χ1) is 7.66. The number of nitrogens with one attached hydrogen (secondary N) is 2. The van der Waals surface area contributed by atoms with E-state index < -0.39 is 0 Å². The molecule has 2 rings (SSSR count). The van der Waals surface area contributed by atoms with Gasteiger partial charge >= 0.3 is 0 Å². The zero-order chi connectivity index (χ0) is 11.5. The van der Waals surface area contributed by atoms with Crippen LogP contribution in [-0.4, -0.2) is 30.0 Å². The molecule has 1 aromatic heterocycles. The summed E-state index contributed by atoms with van der Waals surface area (Å²) in [6.45, 7) is 5.75. The van der Waals surface area contributed by atoms with E-state index in [0.29, 0.717) is 0 Å². The number of rotatable bonds is 2. The fourth-order valence-electron chi connectivity index (χ4n) is 1.97. The second-order valence-electron chi connectivity index (χ2n) is 4.16. The Morgan fingerprint density at radius 3 is 2.67 bits per heavy atom. The molecule has 1 amide bonds. The third-order valence-corrected chi connectivity index (χ3v) is 3.81. The Hall–Kier alpha value is -0.360. The van der Waals surface area contributed by atoms with E-state index in [1.807, 2.05) is 13.8 Å². The molecule has 0 saturated carbocycles. The van der Waals surface area contributed by atoms with Gasteiger partial charge in [-0.25, -0.2) is 4.98 Å². The van der Waals surface area contributed by atoms with Crippen molar-refractivity contribution in [1.29, 1.82) is 0 Å². The van der Waals surface area contributed by atoms with E-state index in [2.05, 4.69) is 15.6 Å². The van der Waals surface area contributed by atoms with Crippen LogP contribution in [0.5, 0.6) is 0 Å². The van der Waals surface area contributed by atoms with Gasteiger partial charge in [-0.2, -0.15) is 0 Å². The molecule has 1 atom stereocenters. The van der Waals surface area contributed by atoms with Gasteiger partial charge in [0.2, 0.25) is 0 Å². The molecule has 104 valence electrons. The fourth-order valence-corrected chi connectivity index (χ4v) is 2.79. The Morgan fingerprint density at radius 1 is 1.44 bits per heavy atom. The van der Waals surface area contributed by atoms with Crippen LogP contribution in [0.4, 0.5) is 0 Å². The van der Waals surface area contributed by atoms with Crippen molar-refractivity contribution in [3.63, 3.8) is 0 Å². The van der Waals surface area contributed by atoms with Crippen LogP contribution in [-0.2, 0) is 0 Å². The molecule has 4 nitrogen and oxygen atoms in total. The topological polar surface area (TPSA) is 54.0 Å². The minimum atomic E-state index is 0. The summed E-state index contributed by atoms with van der Waals surface area (Å²) in [6.07, 6.45) is 2.20. The first kappa shape index (κ1) is 17.6. The Bertz CT molecular complexity index is 392. The number of aryl methyl sites for hydroxylation is 2. The zero-order valence-corrected chi connectivity index (χ0v) is 12.9. The van der Waals surface area contributed by atoms with E-state index in [4.69, 9.17) is 0 Å². The lowest BCUT2D eigenvalue weighted by atomic mass is 10.1. The van der Waals surface area contributed by atoms with Gasteiger partial charge < -0.3 is 10.6 Å². The summed E-state index contributed by atoms with van der Waals surface area (Å²) in [5.41, 5.74) is 0.837. The predicted molar refractivity (Wildman–Crippen MR) is 79.4 cm³/mol. The second-order valence-corrected chi connectivity index (χ2v) is 5.37. The molecule has 2 N–H and O–H groups in total. The summed E-state index contributed by atoms with van der Waals surface area (Å²) in [6, 6.07) is 0.267. The predicted octanol–water partition coefficient (Wildman–Crippen LogP) is 2.09. The van der Waals surface area contributed by atoms with E-state index >= 15 is 0 Å². The van der Waals surface area contributed by atoms with E-state index in [9.17, 15) is 4.79 Å². The molecule has 1 aliphatic heterocycles. The minimum absolute atomic E-state index is 0. The number of piperidine rings is 1. The number of hydrogen-bond donors (Lipinski definition) is 2.